The molecule has 1 saturated heterocycles. The predicted molar refractivity (Wildman–Crippen MR) is 138 cm³/mol. The summed E-state index contributed by atoms with van der Waals surface area (Å²) in [5, 5.41) is 14.3. The Bertz CT molecular complexity index is 1150. The number of carbonyl (C=O) groups is 2. The number of likely N-dealkylation sites (tertiary alicyclic amines) is 1. The van der Waals surface area contributed by atoms with Crippen molar-refractivity contribution in [2.24, 2.45) is 5.92 Å². The summed E-state index contributed by atoms with van der Waals surface area (Å²) in [6.07, 6.45) is 2.75. The van der Waals surface area contributed by atoms with Gasteiger partial charge in [-0.2, -0.15) is 0 Å². The van der Waals surface area contributed by atoms with Gasteiger partial charge in [-0.25, -0.2) is 0 Å². The van der Waals surface area contributed by atoms with E-state index in [1.807, 2.05) is 44.7 Å². The van der Waals surface area contributed by atoms with E-state index in [9.17, 15) is 14.4 Å². The average molecular weight is 530 g/mol. The van der Waals surface area contributed by atoms with Crippen molar-refractivity contribution < 1.29 is 9.59 Å². The second-order valence-electron chi connectivity index (χ2n) is 9.08. The summed E-state index contributed by atoms with van der Waals surface area (Å²) in [7, 11) is 0. The van der Waals surface area contributed by atoms with Crippen molar-refractivity contribution in [3.8, 4) is 0 Å². The van der Waals surface area contributed by atoms with E-state index in [2.05, 4.69) is 31.5 Å². The third-order valence-corrected chi connectivity index (χ3v) is 6.57. The molecule has 1 aromatic heterocycles. The first-order valence-corrected chi connectivity index (χ1v) is 12.3. The van der Waals surface area contributed by atoms with Gasteiger partial charge in [-0.3, -0.25) is 14.4 Å². The highest BCUT2D eigenvalue weighted by molar-refractivity contribution is 9.10. The van der Waals surface area contributed by atoms with Gasteiger partial charge in [-0.1, -0.05) is 29.8 Å². The van der Waals surface area contributed by atoms with Gasteiger partial charge in [-0.15, -0.1) is 0 Å². The monoisotopic (exact) mass is 529 g/mol. The minimum absolute atomic E-state index is 0.0144. The summed E-state index contributed by atoms with van der Waals surface area (Å²) in [6, 6.07) is 5.54. The molecule has 0 aliphatic carbocycles. The number of benzene rings is 1. The van der Waals surface area contributed by atoms with Crippen LogP contribution in [-0.2, 0) is 11.3 Å². The molecule has 0 unspecified atom stereocenters. The predicted octanol–water partition coefficient (Wildman–Crippen LogP) is 3.74. The molecule has 1 aromatic carbocycles. The zero-order chi connectivity index (χ0) is 25.0. The summed E-state index contributed by atoms with van der Waals surface area (Å²) in [5.74, 6) is -0.207. The maximum atomic E-state index is 13.0. The van der Waals surface area contributed by atoms with Crippen molar-refractivity contribution in [3.63, 3.8) is 0 Å². The Hall–Kier alpha value is -2.94. The van der Waals surface area contributed by atoms with E-state index in [4.69, 9.17) is 5.41 Å². The van der Waals surface area contributed by atoms with Gasteiger partial charge in [0.2, 0.25) is 5.91 Å². The zero-order valence-electron chi connectivity index (χ0n) is 20.0. The average Bonchev–Trinajstić information content (AvgIpc) is 2.77. The van der Waals surface area contributed by atoms with Crippen LogP contribution in [0, 0.1) is 25.2 Å². The van der Waals surface area contributed by atoms with Gasteiger partial charge in [0.05, 0.1) is 5.56 Å². The lowest BCUT2D eigenvalue weighted by Gasteiger charge is -2.34. The van der Waals surface area contributed by atoms with Crippen LogP contribution in [0.5, 0.6) is 0 Å². The molecule has 182 valence electrons. The number of amides is 2. The highest BCUT2D eigenvalue weighted by Crippen LogP contribution is 2.27. The fourth-order valence-corrected chi connectivity index (χ4v) is 4.73. The molecule has 4 N–H and O–H groups in total. The van der Waals surface area contributed by atoms with E-state index in [1.165, 1.54) is 6.21 Å². The second kappa shape index (κ2) is 11.0. The number of piperidine rings is 1. The maximum absolute atomic E-state index is 13.0. The number of nitrogens with zero attached hydrogens (tertiary/aromatic N) is 1. The van der Waals surface area contributed by atoms with E-state index < -0.39 is 0 Å². The number of aromatic amines is 1. The largest absolute Gasteiger partial charge is 0.382 e. The molecule has 2 amide bonds. The number of H-pyrrole nitrogens is 1. The summed E-state index contributed by atoms with van der Waals surface area (Å²) in [6.45, 7) is 8.93. The molecule has 34 heavy (non-hydrogen) atoms. The molecule has 0 bridgehead atoms. The first-order chi connectivity index (χ1) is 16.1. The van der Waals surface area contributed by atoms with Crippen LogP contribution in [0.25, 0.3) is 0 Å². The molecule has 1 aliphatic heterocycles. The van der Waals surface area contributed by atoms with E-state index in [-0.39, 0.29) is 35.9 Å². The lowest BCUT2D eigenvalue weighted by molar-refractivity contribution is -0.135. The first kappa shape index (κ1) is 25.7. The van der Waals surface area contributed by atoms with E-state index >= 15 is 0 Å². The number of hydrogen-bond acceptors (Lipinski definition) is 5. The summed E-state index contributed by atoms with van der Waals surface area (Å²) >= 11 is 3.48. The number of pyridine rings is 1. The smallest absolute Gasteiger partial charge is 0.253 e. The van der Waals surface area contributed by atoms with E-state index in [0.29, 0.717) is 39.9 Å². The van der Waals surface area contributed by atoms with Gasteiger partial charge in [0.15, 0.2) is 0 Å². The van der Waals surface area contributed by atoms with Crippen molar-refractivity contribution in [1.82, 2.24) is 15.2 Å². The van der Waals surface area contributed by atoms with Crippen molar-refractivity contribution in [3.05, 3.63) is 61.0 Å². The Morgan fingerprint density at radius 3 is 2.50 bits per heavy atom. The fourth-order valence-electron chi connectivity index (χ4n) is 4.28. The lowest BCUT2D eigenvalue weighted by Crippen LogP contribution is -2.44. The van der Waals surface area contributed by atoms with Crippen LogP contribution in [0.3, 0.4) is 0 Å². The van der Waals surface area contributed by atoms with Gasteiger partial charge in [0, 0.05) is 64.8 Å². The van der Waals surface area contributed by atoms with Gasteiger partial charge < -0.3 is 25.9 Å². The number of nitrogens with one attached hydrogen (secondary N) is 4. The van der Waals surface area contributed by atoms with Gasteiger partial charge >= 0.3 is 0 Å². The van der Waals surface area contributed by atoms with Crippen LogP contribution in [0.1, 0.15) is 59.4 Å². The van der Waals surface area contributed by atoms with Crippen molar-refractivity contribution >= 4 is 39.6 Å². The molecule has 0 spiro atoms. The van der Waals surface area contributed by atoms with Crippen LogP contribution < -0.4 is 16.2 Å². The fraction of sp³-hybridized carbons (Fsp3) is 0.440. The third kappa shape index (κ3) is 5.94. The number of halogens is 1. The molecule has 0 radical (unpaired) electrons. The second-order valence-corrected chi connectivity index (χ2v) is 10.00. The SMILES string of the molecule is Cc1cc(C)c(CNC(=O)c2cc(Br)cc(NC3CCN(C(=O)C(C)C)CC3)c2C=N)c(=O)[nH]1. The maximum Gasteiger partial charge on any atom is 0.253 e. The summed E-state index contributed by atoms with van der Waals surface area (Å²) in [4.78, 5) is 42.2. The van der Waals surface area contributed by atoms with Crippen molar-refractivity contribution in [2.45, 2.75) is 53.1 Å². The van der Waals surface area contributed by atoms with Gasteiger partial charge in [0.1, 0.15) is 0 Å². The molecule has 0 saturated carbocycles. The third-order valence-electron chi connectivity index (χ3n) is 6.11. The molecule has 1 aliphatic rings. The van der Waals surface area contributed by atoms with Crippen molar-refractivity contribution in [1.29, 1.82) is 5.41 Å². The standard InChI is InChI=1S/C25H32BrN5O3/c1-14(2)25(34)31-7-5-18(6-8-31)30-22-11-17(26)10-19(20(22)12-27)23(32)28-13-21-15(3)9-16(4)29-24(21)33/h9-12,14,18,27,30H,5-8,13H2,1-4H3,(H,28,32)(H,29,33). The van der Waals surface area contributed by atoms with Crippen LogP contribution in [-0.4, -0.2) is 47.0 Å². The Balaban J connectivity index is 1.75. The van der Waals surface area contributed by atoms with E-state index in [0.717, 1.165) is 24.1 Å². The van der Waals surface area contributed by atoms with Crippen LogP contribution >= 0.6 is 15.9 Å². The first-order valence-electron chi connectivity index (χ1n) is 11.5. The molecule has 9 heteroatoms. The lowest BCUT2D eigenvalue weighted by atomic mass is 10.0. The minimum Gasteiger partial charge on any atom is -0.382 e. The topological polar surface area (TPSA) is 118 Å². The van der Waals surface area contributed by atoms with Gasteiger partial charge in [0.25, 0.3) is 11.5 Å². The highest BCUT2D eigenvalue weighted by Gasteiger charge is 2.25. The van der Waals surface area contributed by atoms with Gasteiger partial charge in [-0.05, 0) is 50.5 Å². The molecule has 2 heterocycles. The van der Waals surface area contributed by atoms with Crippen molar-refractivity contribution in [2.75, 3.05) is 18.4 Å². The molecule has 3 rings (SSSR count). The minimum atomic E-state index is -0.362. The molecule has 0 atom stereocenters. The molecule has 2 aromatic rings. The Labute approximate surface area is 208 Å². The van der Waals surface area contributed by atoms with E-state index in [1.54, 1.807) is 6.07 Å². The molecular weight excluding hydrogens is 498 g/mol. The molecular formula is C25H32BrN5O3. The summed E-state index contributed by atoms with van der Waals surface area (Å²) < 4.78 is 0.711. The normalized spacial score (nSPS) is 14.2. The Morgan fingerprint density at radius 1 is 1.24 bits per heavy atom. The number of carbonyl (C=O) groups excluding carboxylic acids is 2. The van der Waals surface area contributed by atoms with Crippen LogP contribution in [0.4, 0.5) is 5.69 Å². The number of anilines is 1. The quantitative estimate of drug-likeness (QED) is 0.408. The highest BCUT2D eigenvalue weighted by atomic mass is 79.9. The number of aryl methyl sites for hydroxylation is 2. The zero-order valence-corrected chi connectivity index (χ0v) is 21.6. The molecule has 8 nitrogen and oxygen atoms in total. The number of rotatable bonds is 7. The van der Waals surface area contributed by atoms with Crippen LogP contribution in [0.15, 0.2) is 27.5 Å². The van der Waals surface area contributed by atoms with Crippen LogP contribution in [0.2, 0.25) is 0 Å². The Morgan fingerprint density at radius 2 is 1.91 bits per heavy atom. The number of hydrogen-bond donors (Lipinski definition) is 4. The summed E-state index contributed by atoms with van der Waals surface area (Å²) in [5.41, 5.74) is 3.39. The molecule has 1 fully saturated rings. The number of aromatic nitrogens is 1. The Kier molecular flexibility index (Phi) is 8.30.